The molecule has 0 radical (unpaired) electrons. The lowest BCUT2D eigenvalue weighted by atomic mass is 10.1. The van der Waals surface area contributed by atoms with E-state index in [0.29, 0.717) is 5.56 Å². The van der Waals surface area contributed by atoms with Gasteiger partial charge in [0.1, 0.15) is 12.7 Å². The van der Waals surface area contributed by atoms with Gasteiger partial charge in [-0.3, -0.25) is 4.79 Å². The second-order valence-corrected chi connectivity index (χ2v) is 5.72. The van der Waals surface area contributed by atoms with Gasteiger partial charge >= 0.3 is 5.97 Å². The zero-order valence-corrected chi connectivity index (χ0v) is 13.0. The summed E-state index contributed by atoms with van der Waals surface area (Å²) in [4.78, 5) is 20.7. The summed E-state index contributed by atoms with van der Waals surface area (Å²) < 4.78 is 15.3. The van der Waals surface area contributed by atoms with Crippen LogP contribution in [0, 0.1) is 0 Å². The number of carboxylic acid groups (broad SMARTS) is 1. The van der Waals surface area contributed by atoms with Gasteiger partial charge in [0.15, 0.2) is 12.4 Å². The maximum atomic E-state index is 11.2. The summed E-state index contributed by atoms with van der Waals surface area (Å²) >= 11 is 3.28. The summed E-state index contributed by atoms with van der Waals surface area (Å²) in [6.07, 6.45) is -4.15. The van der Waals surface area contributed by atoms with Crippen molar-refractivity contribution in [3.8, 4) is 0 Å². The summed E-state index contributed by atoms with van der Waals surface area (Å²) in [5.41, 5.74) is 0.635. The third-order valence-electron chi connectivity index (χ3n) is 3.20. The zero-order chi connectivity index (χ0) is 16.1. The molecule has 7 nitrogen and oxygen atoms in total. The molecule has 1 aromatic carbocycles. The van der Waals surface area contributed by atoms with Gasteiger partial charge in [-0.15, -0.1) is 0 Å². The van der Waals surface area contributed by atoms with Gasteiger partial charge in [-0.2, -0.15) is 0 Å². The minimum Gasteiger partial charge on any atom is -0.479 e. The van der Waals surface area contributed by atoms with Gasteiger partial charge in [0.2, 0.25) is 0 Å². The molecule has 8 heteroatoms. The molecular weight excluding hydrogens is 360 g/mol. The van der Waals surface area contributed by atoms with Crippen LogP contribution in [0.4, 0.5) is 0 Å². The second-order valence-electron chi connectivity index (χ2n) is 4.67. The highest BCUT2D eigenvalue weighted by molar-refractivity contribution is 9.09. The third-order valence-corrected chi connectivity index (χ3v) is 4.13. The van der Waals surface area contributed by atoms with Crippen LogP contribution < -0.4 is 0 Å². The first-order chi connectivity index (χ1) is 10.5. The molecule has 1 unspecified atom stereocenters. The summed E-state index contributed by atoms with van der Waals surface area (Å²) in [5, 5.41) is 19.4. The maximum Gasteiger partial charge on any atom is 0.335 e. The fourth-order valence-corrected chi connectivity index (χ4v) is 2.67. The van der Waals surface area contributed by atoms with Crippen LogP contribution in [0.25, 0.3) is 0 Å². The molecule has 1 saturated heterocycles. The number of aliphatic hydroxyl groups excluding tert-OH is 1. The van der Waals surface area contributed by atoms with Gasteiger partial charge in [0.05, 0.1) is 10.9 Å². The lowest BCUT2D eigenvalue weighted by molar-refractivity contribution is -0.152. The van der Waals surface area contributed by atoms with Crippen molar-refractivity contribution in [2.75, 3.05) is 6.61 Å². The van der Waals surface area contributed by atoms with E-state index in [4.69, 9.17) is 14.6 Å². The Morgan fingerprint density at radius 2 is 2.05 bits per heavy atom. The first-order valence-electron chi connectivity index (χ1n) is 6.50. The Bertz CT molecular complexity index is 509. The van der Waals surface area contributed by atoms with Crippen LogP contribution in [0.5, 0.6) is 0 Å². The summed E-state index contributed by atoms with van der Waals surface area (Å²) in [6.45, 7) is -0.0296. The molecule has 22 heavy (non-hydrogen) atoms. The first kappa shape index (κ1) is 16.9. The standard InChI is InChI=1S/C14H15BrO7/c15-10(11(17)8-4-2-1-3-5-8)14-21-9(6-20-7-16)12(22-14)13(18)19/h1-5,7,9-12,14,17H,6H2,(H,18,19)/t9-,10+,11?,12-,14+/m1/s1. The van der Waals surface area contributed by atoms with Gasteiger partial charge in [0, 0.05) is 0 Å². The minimum absolute atomic E-state index is 0.208. The number of benzene rings is 1. The molecule has 120 valence electrons. The van der Waals surface area contributed by atoms with Crippen LogP contribution in [0.3, 0.4) is 0 Å². The van der Waals surface area contributed by atoms with Crippen molar-refractivity contribution in [1.29, 1.82) is 0 Å². The van der Waals surface area contributed by atoms with Crippen LogP contribution in [0.2, 0.25) is 0 Å². The Morgan fingerprint density at radius 1 is 1.36 bits per heavy atom. The van der Waals surface area contributed by atoms with Crippen molar-refractivity contribution in [2.24, 2.45) is 0 Å². The average Bonchev–Trinajstić information content (AvgIpc) is 2.96. The molecular formula is C14H15BrO7. The van der Waals surface area contributed by atoms with Crippen molar-refractivity contribution < 1.29 is 34.0 Å². The van der Waals surface area contributed by atoms with Crippen LogP contribution >= 0.6 is 15.9 Å². The Labute approximate surface area is 134 Å². The van der Waals surface area contributed by atoms with Gasteiger partial charge in [-0.25, -0.2) is 4.79 Å². The van der Waals surface area contributed by atoms with Gasteiger partial charge in [-0.05, 0) is 5.56 Å². The number of aliphatic hydroxyl groups is 1. The van der Waals surface area contributed by atoms with E-state index in [-0.39, 0.29) is 13.1 Å². The molecule has 1 aliphatic heterocycles. The van der Waals surface area contributed by atoms with Crippen LogP contribution in [-0.4, -0.2) is 52.6 Å². The van der Waals surface area contributed by atoms with Gasteiger partial charge < -0.3 is 24.4 Å². The highest BCUT2D eigenvalue weighted by Gasteiger charge is 2.45. The van der Waals surface area contributed by atoms with Crippen LogP contribution in [0.15, 0.2) is 30.3 Å². The summed E-state index contributed by atoms with van der Waals surface area (Å²) in [5.74, 6) is -1.23. The number of halogens is 1. The number of carboxylic acids is 1. The van der Waals surface area contributed by atoms with E-state index in [0.717, 1.165) is 0 Å². The average molecular weight is 375 g/mol. The van der Waals surface area contributed by atoms with E-state index < -0.39 is 35.4 Å². The molecule has 1 aromatic rings. The monoisotopic (exact) mass is 374 g/mol. The largest absolute Gasteiger partial charge is 0.479 e. The van der Waals surface area contributed by atoms with Crippen molar-refractivity contribution in [3.05, 3.63) is 35.9 Å². The number of carbonyl (C=O) groups is 2. The van der Waals surface area contributed by atoms with Crippen LogP contribution in [-0.2, 0) is 23.8 Å². The lowest BCUT2D eigenvalue weighted by Gasteiger charge is -2.22. The molecule has 5 atom stereocenters. The smallest absolute Gasteiger partial charge is 0.335 e. The lowest BCUT2D eigenvalue weighted by Crippen LogP contribution is -2.34. The number of aliphatic carboxylic acids is 1. The number of rotatable bonds is 7. The van der Waals surface area contributed by atoms with Gasteiger partial charge in [-0.1, -0.05) is 46.3 Å². The Morgan fingerprint density at radius 3 is 2.64 bits per heavy atom. The highest BCUT2D eigenvalue weighted by atomic mass is 79.9. The molecule has 0 saturated carbocycles. The van der Waals surface area contributed by atoms with Crippen molar-refractivity contribution in [1.82, 2.24) is 0 Å². The van der Waals surface area contributed by atoms with Crippen molar-refractivity contribution in [2.45, 2.75) is 29.4 Å². The number of carbonyl (C=O) groups excluding carboxylic acids is 1. The molecule has 0 aromatic heterocycles. The Balaban J connectivity index is 2.05. The summed E-state index contributed by atoms with van der Waals surface area (Å²) in [7, 11) is 0. The SMILES string of the molecule is O=COC[C@H]1O[C@H]([C@@H](Br)C(O)c2ccccc2)O[C@H]1C(=O)O. The molecule has 0 bridgehead atoms. The van der Waals surface area contributed by atoms with E-state index >= 15 is 0 Å². The number of hydrogen-bond donors (Lipinski definition) is 2. The normalized spacial score (nSPS) is 27.1. The Hall–Kier alpha value is -1.48. The molecule has 0 amide bonds. The molecule has 1 aliphatic rings. The molecule has 1 heterocycles. The zero-order valence-electron chi connectivity index (χ0n) is 11.4. The first-order valence-corrected chi connectivity index (χ1v) is 7.42. The van der Waals surface area contributed by atoms with E-state index in [1.807, 2.05) is 6.07 Å². The van der Waals surface area contributed by atoms with Crippen molar-refractivity contribution >= 4 is 28.4 Å². The van der Waals surface area contributed by atoms with Crippen LogP contribution in [0.1, 0.15) is 11.7 Å². The number of hydrogen-bond acceptors (Lipinski definition) is 6. The summed E-state index contributed by atoms with van der Waals surface area (Å²) in [6, 6.07) is 8.82. The van der Waals surface area contributed by atoms with E-state index in [2.05, 4.69) is 20.7 Å². The molecule has 0 aliphatic carbocycles. The molecule has 1 fully saturated rings. The fourth-order valence-electron chi connectivity index (χ4n) is 2.12. The topological polar surface area (TPSA) is 102 Å². The van der Waals surface area contributed by atoms with E-state index in [1.165, 1.54) is 0 Å². The minimum atomic E-state index is -1.27. The fraction of sp³-hybridized carbons (Fsp3) is 0.429. The molecule has 2 rings (SSSR count). The third kappa shape index (κ3) is 3.83. The second kappa shape index (κ2) is 7.68. The molecule has 0 spiro atoms. The predicted molar refractivity (Wildman–Crippen MR) is 77.3 cm³/mol. The Kier molecular flexibility index (Phi) is 5.90. The maximum absolute atomic E-state index is 11.2. The highest BCUT2D eigenvalue weighted by Crippen LogP contribution is 2.32. The van der Waals surface area contributed by atoms with Gasteiger partial charge in [0.25, 0.3) is 6.47 Å². The molecule has 2 N–H and O–H groups in total. The van der Waals surface area contributed by atoms with Crippen molar-refractivity contribution in [3.63, 3.8) is 0 Å². The van der Waals surface area contributed by atoms with E-state index in [9.17, 15) is 14.7 Å². The van der Waals surface area contributed by atoms with E-state index in [1.54, 1.807) is 24.3 Å². The number of alkyl halides is 1. The number of ether oxygens (including phenoxy) is 3. The predicted octanol–water partition coefficient (Wildman–Crippen LogP) is 0.851. The quantitative estimate of drug-likeness (QED) is 0.538.